The number of benzene rings is 2. The maximum absolute atomic E-state index is 13.5. The van der Waals surface area contributed by atoms with Crippen LogP contribution in [-0.4, -0.2) is 43.9 Å². The smallest absolute Gasteiger partial charge is 0.339 e. The predicted octanol–water partition coefficient (Wildman–Crippen LogP) is 6.62. The molecule has 198 valence electrons. The second kappa shape index (κ2) is 11.2. The summed E-state index contributed by atoms with van der Waals surface area (Å²) in [5, 5.41) is 12.1. The summed E-state index contributed by atoms with van der Waals surface area (Å²) in [6.45, 7) is 5.46. The number of esters is 1. The minimum atomic E-state index is -0.439. The monoisotopic (exact) mass is 530 g/mol. The molecule has 1 atom stereocenters. The van der Waals surface area contributed by atoms with Crippen molar-refractivity contribution in [3.63, 3.8) is 0 Å². The van der Waals surface area contributed by atoms with Crippen molar-refractivity contribution in [1.82, 2.24) is 19.7 Å². The van der Waals surface area contributed by atoms with E-state index in [1.807, 2.05) is 6.92 Å². The fourth-order valence-electron chi connectivity index (χ4n) is 5.65. The minimum Gasteiger partial charge on any atom is -0.465 e. The van der Waals surface area contributed by atoms with Gasteiger partial charge in [0.05, 0.1) is 23.6 Å². The van der Waals surface area contributed by atoms with Gasteiger partial charge in [-0.2, -0.15) is 0 Å². The number of ether oxygens (including phenoxy) is 1. The Morgan fingerprint density at radius 2 is 1.82 bits per heavy atom. The second-order valence-electron chi connectivity index (χ2n) is 10.1. The van der Waals surface area contributed by atoms with Crippen molar-refractivity contribution in [2.24, 2.45) is 0 Å². The second-order valence-corrected chi connectivity index (χ2v) is 11.4. The van der Waals surface area contributed by atoms with Crippen LogP contribution in [0.4, 0.5) is 0 Å². The first-order valence-corrected chi connectivity index (χ1v) is 14.2. The van der Waals surface area contributed by atoms with Gasteiger partial charge in [0.15, 0.2) is 10.9 Å². The van der Waals surface area contributed by atoms with E-state index in [0.717, 1.165) is 23.8 Å². The highest BCUT2D eigenvalue weighted by molar-refractivity contribution is 8.00. The van der Waals surface area contributed by atoms with E-state index in [2.05, 4.69) is 62.2 Å². The first-order chi connectivity index (χ1) is 18.4. The highest BCUT2D eigenvalue weighted by Gasteiger charge is 2.29. The Hall–Kier alpha value is -3.39. The number of ketones is 1. The molecule has 0 aliphatic heterocycles. The molecule has 1 aliphatic carbocycles. The number of rotatable bonds is 8. The van der Waals surface area contributed by atoms with Crippen LogP contribution in [0.5, 0.6) is 0 Å². The van der Waals surface area contributed by atoms with Crippen LogP contribution in [0.3, 0.4) is 0 Å². The normalized spacial score (nSPS) is 15.1. The molecule has 4 aromatic rings. The lowest BCUT2D eigenvalue weighted by Gasteiger charge is -2.26. The van der Waals surface area contributed by atoms with E-state index in [0.29, 0.717) is 35.0 Å². The lowest BCUT2D eigenvalue weighted by molar-refractivity contribution is 0.0599. The van der Waals surface area contributed by atoms with Gasteiger partial charge in [0.1, 0.15) is 5.82 Å². The number of hydrogen-bond acceptors (Lipinski definition) is 6. The van der Waals surface area contributed by atoms with Crippen LogP contribution in [0.1, 0.15) is 88.6 Å². The van der Waals surface area contributed by atoms with Crippen LogP contribution in [0.2, 0.25) is 0 Å². The van der Waals surface area contributed by atoms with Crippen molar-refractivity contribution in [3.8, 4) is 0 Å². The Morgan fingerprint density at radius 1 is 1.08 bits per heavy atom. The van der Waals surface area contributed by atoms with Gasteiger partial charge >= 0.3 is 5.97 Å². The molecule has 0 unspecified atom stereocenters. The van der Waals surface area contributed by atoms with Crippen LogP contribution in [0.25, 0.3) is 10.8 Å². The fourth-order valence-corrected chi connectivity index (χ4v) is 6.65. The Labute approximate surface area is 227 Å². The molecule has 1 N–H and O–H groups in total. The SMILES string of the molecule is COC(=O)c1c(C)[nH]c(C(=O)[C@H](C)Sc2nnc(Cc3cccc4ccccc34)n2C2CCCCC2)c1C. The van der Waals surface area contributed by atoms with Crippen LogP contribution in [-0.2, 0) is 11.2 Å². The number of nitrogens with one attached hydrogen (secondary N) is 1. The number of aromatic nitrogens is 4. The maximum Gasteiger partial charge on any atom is 0.339 e. The zero-order valence-electron chi connectivity index (χ0n) is 22.4. The largest absolute Gasteiger partial charge is 0.465 e. The highest BCUT2D eigenvalue weighted by Crippen LogP contribution is 2.36. The third-order valence-electron chi connectivity index (χ3n) is 7.63. The number of aryl methyl sites for hydroxylation is 1. The van der Waals surface area contributed by atoms with Gasteiger partial charge < -0.3 is 14.3 Å². The summed E-state index contributed by atoms with van der Waals surface area (Å²) in [6.07, 6.45) is 6.49. The third-order valence-corrected chi connectivity index (χ3v) is 8.69. The first-order valence-electron chi connectivity index (χ1n) is 13.3. The topological polar surface area (TPSA) is 89.9 Å². The van der Waals surface area contributed by atoms with E-state index in [1.54, 1.807) is 13.8 Å². The van der Waals surface area contributed by atoms with Crippen LogP contribution < -0.4 is 0 Å². The van der Waals surface area contributed by atoms with Gasteiger partial charge in [-0.25, -0.2) is 4.79 Å². The molecule has 2 aromatic carbocycles. The molecule has 38 heavy (non-hydrogen) atoms. The Bertz CT molecular complexity index is 1480. The molecule has 0 saturated heterocycles. The minimum absolute atomic E-state index is 0.0699. The Morgan fingerprint density at radius 3 is 2.58 bits per heavy atom. The molecule has 7 nitrogen and oxygen atoms in total. The lowest BCUT2D eigenvalue weighted by Crippen LogP contribution is -2.20. The van der Waals surface area contributed by atoms with Gasteiger partial charge in [-0.1, -0.05) is 73.5 Å². The maximum atomic E-state index is 13.5. The summed E-state index contributed by atoms with van der Waals surface area (Å²) in [7, 11) is 1.35. The van der Waals surface area contributed by atoms with E-state index in [9.17, 15) is 9.59 Å². The number of methoxy groups -OCH3 is 1. The molecule has 1 fully saturated rings. The van der Waals surface area contributed by atoms with Crippen LogP contribution in [0.15, 0.2) is 47.6 Å². The molecule has 5 rings (SSSR count). The zero-order chi connectivity index (χ0) is 26.8. The number of hydrogen-bond donors (Lipinski definition) is 1. The molecule has 1 aliphatic rings. The van der Waals surface area contributed by atoms with Gasteiger partial charge in [0.25, 0.3) is 0 Å². The molecule has 0 amide bonds. The number of carbonyl (C=O) groups excluding carboxylic acids is 2. The van der Waals surface area contributed by atoms with Gasteiger partial charge in [-0.05, 0) is 55.5 Å². The number of nitrogens with zero attached hydrogens (tertiary/aromatic N) is 3. The van der Waals surface area contributed by atoms with Crippen molar-refractivity contribution in [2.75, 3.05) is 7.11 Å². The summed E-state index contributed by atoms with van der Waals surface area (Å²) in [4.78, 5) is 28.9. The number of H-pyrrole nitrogens is 1. The number of fused-ring (bicyclic) bond motifs is 1. The average molecular weight is 531 g/mol. The van der Waals surface area contributed by atoms with Crippen molar-refractivity contribution < 1.29 is 14.3 Å². The fraction of sp³-hybridized carbons (Fsp3) is 0.400. The van der Waals surface area contributed by atoms with Gasteiger partial charge in [-0.15, -0.1) is 10.2 Å². The van der Waals surface area contributed by atoms with Gasteiger partial charge in [0.2, 0.25) is 0 Å². The number of thioether (sulfide) groups is 1. The zero-order valence-corrected chi connectivity index (χ0v) is 23.2. The van der Waals surface area contributed by atoms with Gasteiger partial charge in [0, 0.05) is 18.2 Å². The molecular weight excluding hydrogens is 496 g/mol. The van der Waals surface area contributed by atoms with Crippen molar-refractivity contribution >= 4 is 34.3 Å². The Balaban J connectivity index is 1.45. The molecular formula is C30H34N4O3S. The number of Topliss-reactive ketones (excluding diaryl/α,β-unsaturated/α-hetero) is 1. The van der Waals surface area contributed by atoms with Crippen molar-refractivity contribution in [1.29, 1.82) is 0 Å². The quantitative estimate of drug-likeness (QED) is 0.156. The standard InChI is InChI=1S/C30H34N4O3S/c1-18-26(29(36)37-4)19(2)31-27(18)28(35)20(3)38-30-33-32-25(34(30)23-14-6-5-7-15-23)17-22-13-10-12-21-11-8-9-16-24(21)22/h8-13,16,20,23,31H,5-7,14-15,17H2,1-4H3/t20-/m0/s1. The number of aromatic amines is 1. The van der Waals surface area contributed by atoms with E-state index < -0.39 is 11.2 Å². The van der Waals surface area contributed by atoms with Crippen LogP contribution in [0, 0.1) is 13.8 Å². The molecule has 8 heteroatoms. The summed E-state index contributed by atoms with van der Waals surface area (Å²) < 4.78 is 7.21. The molecule has 1 saturated carbocycles. The lowest BCUT2D eigenvalue weighted by atomic mass is 9.95. The molecule has 0 spiro atoms. The summed E-state index contributed by atoms with van der Waals surface area (Å²) in [5.41, 5.74) is 3.36. The van der Waals surface area contributed by atoms with Crippen LogP contribution >= 0.6 is 11.8 Å². The van der Waals surface area contributed by atoms with Gasteiger partial charge in [-0.3, -0.25) is 4.79 Å². The predicted molar refractivity (Wildman–Crippen MR) is 150 cm³/mol. The summed E-state index contributed by atoms with van der Waals surface area (Å²) in [6, 6.07) is 15.1. The van der Waals surface area contributed by atoms with Crippen molar-refractivity contribution in [2.45, 2.75) is 75.7 Å². The summed E-state index contributed by atoms with van der Waals surface area (Å²) >= 11 is 1.44. The van der Waals surface area contributed by atoms with E-state index in [1.165, 1.54) is 54.5 Å². The Kier molecular flexibility index (Phi) is 7.70. The van der Waals surface area contributed by atoms with E-state index >= 15 is 0 Å². The highest BCUT2D eigenvalue weighted by atomic mass is 32.2. The molecule has 0 radical (unpaired) electrons. The molecule has 0 bridgehead atoms. The first kappa shape index (κ1) is 26.2. The van der Waals surface area contributed by atoms with Crippen molar-refractivity contribution in [3.05, 3.63) is 76.4 Å². The van der Waals surface area contributed by atoms with E-state index in [-0.39, 0.29) is 5.78 Å². The third kappa shape index (κ3) is 5.01. The molecule has 2 heterocycles. The number of carbonyl (C=O) groups is 2. The van der Waals surface area contributed by atoms with E-state index in [4.69, 9.17) is 4.74 Å². The average Bonchev–Trinajstić information content (AvgIpc) is 3.47. The summed E-state index contributed by atoms with van der Waals surface area (Å²) in [5.74, 6) is 0.431. The molecule has 2 aromatic heterocycles.